The maximum Gasteiger partial charge on any atom is 0.320 e. The van der Waals surface area contributed by atoms with Crippen LogP contribution in [0.5, 0.6) is 0 Å². The topological polar surface area (TPSA) is 78.8 Å². The summed E-state index contributed by atoms with van der Waals surface area (Å²) < 4.78 is 0. The van der Waals surface area contributed by atoms with Crippen molar-refractivity contribution >= 4 is 41.0 Å². The molecule has 3 rings (SSSR count). The predicted octanol–water partition coefficient (Wildman–Crippen LogP) is 4.45. The Morgan fingerprint density at radius 2 is 2.07 bits per heavy atom. The third kappa shape index (κ3) is 3.96. The first-order valence-corrected chi connectivity index (χ1v) is 9.71. The van der Waals surface area contributed by atoms with Gasteiger partial charge in [0.15, 0.2) is 5.41 Å². The van der Waals surface area contributed by atoms with Crippen LogP contribution in [-0.2, 0) is 9.59 Å². The zero-order valence-electron chi connectivity index (χ0n) is 14.7. The van der Waals surface area contributed by atoms with E-state index in [9.17, 15) is 14.7 Å². The number of aliphatic carboxylic acids is 1. The molecule has 140 valence electrons. The van der Waals surface area contributed by atoms with E-state index in [2.05, 4.69) is 10.5 Å². The van der Waals surface area contributed by atoms with Crippen LogP contribution in [0.1, 0.15) is 36.1 Å². The zero-order valence-corrected chi connectivity index (χ0v) is 16.3. The van der Waals surface area contributed by atoms with Crippen LogP contribution >= 0.6 is 22.9 Å². The van der Waals surface area contributed by atoms with Crippen molar-refractivity contribution in [2.24, 2.45) is 10.5 Å². The summed E-state index contributed by atoms with van der Waals surface area (Å²) in [4.78, 5) is 26.2. The van der Waals surface area contributed by atoms with E-state index in [1.165, 1.54) is 17.6 Å². The maximum atomic E-state index is 13.0. The van der Waals surface area contributed by atoms with Crippen molar-refractivity contribution in [1.29, 1.82) is 0 Å². The number of carboxylic acids is 1. The number of nitrogens with one attached hydrogen (secondary N) is 1. The fraction of sp³-hybridized carbons (Fsp3) is 0.250. The van der Waals surface area contributed by atoms with Gasteiger partial charge in [-0.15, -0.1) is 11.3 Å². The molecule has 1 heterocycles. The number of thiophene rings is 1. The van der Waals surface area contributed by atoms with E-state index in [1.54, 1.807) is 24.3 Å². The van der Waals surface area contributed by atoms with Crippen LogP contribution in [0, 0.1) is 5.41 Å². The Bertz CT molecular complexity index is 890. The lowest BCUT2D eigenvalue weighted by Crippen LogP contribution is -2.50. The van der Waals surface area contributed by atoms with Crippen molar-refractivity contribution in [2.45, 2.75) is 25.7 Å². The number of carbonyl (C=O) groups is 2. The van der Waals surface area contributed by atoms with Crippen molar-refractivity contribution in [2.75, 3.05) is 0 Å². The number of carboxylic acid groups (broad SMARTS) is 1. The monoisotopic (exact) mass is 402 g/mol. The summed E-state index contributed by atoms with van der Waals surface area (Å²) in [7, 11) is 0. The van der Waals surface area contributed by atoms with Crippen LogP contribution < -0.4 is 5.43 Å². The number of hydrogen-bond donors (Lipinski definition) is 2. The van der Waals surface area contributed by atoms with Crippen molar-refractivity contribution in [3.05, 3.63) is 68.9 Å². The van der Waals surface area contributed by atoms with Gasteiger partial charge in [0, 0.05) is 15.8 Å². The molecule has 0 saturated carbocycles. The molecule has 1 aliphatic rings. The van der Waals surface area contributed by atoms with Gasteiger partial charge in [-0.25, -0.2) is 5.43 Å². The Balaban J connectivity index is 1.94. The highest BCUT2D eigenvalue weighted by Crippen LogP contribution is 2.47. The molecule has 2 aromatic rings. The van der Waals surface area contributed by atoms with Crippen molar-refractivity contribution in [1.82, 2.24) is 5.43 Å². The number of allylic oxidation sites excluding steroid dienone is 2. The van der Waals surface area contributed by atoms with Gasteiger partial charge in [0.05, 0.1) is 6.21 Å². The summed E-state index contributed by atoms with van der Waals surface area (Å²) in [5.41, 5.74) is 2.64. The standard InChI is InChI=1S/C20H19ClN2O3S/c1-13-8-9-20(19(25)26,17(11-13)14-4-6-15(21)7-5-14)18(24)23-22-12-16-3-2-10-27-16/h2-8,10,12,17H,9,11H2,1H3,(H,23,24)(H,25,26)/b22-12-/t17-,20-/m0/s1. The van der Waals surface area contributed by atoms with Gasteiger partial charge in [0.25, 0.3) is 5.91 Å². The first kappa shape index (κ1) is 19.3. The minimum atomic E-state index is -1.62. The van der Waals surface area contributed by atoms with Gasteiger partial charge >= 0.3 is 5.97 Å². The van der Waals surface area contributed by atoms with E-state index in [0.29, 0.717) is 11.4 Å². The number of nitrogens with zero attached hydrogens (tertiary/aromatic N) is 1. The number of amides is 1. The van der Waals surface area contributed by atoms with Gasteiger partial charge in [-0.05, 0) is 48.9 Å². The lowest BCUT2D eigenvalue weighted by atomic mass is 9.64. The molecule has 1 aliphatic carbocycles. The van der Waals surface area contributed by atoms with Gasteiger partial charge in [-0.1, -0.05) is 41.4 Å². The SMILES string of the molecule is CC1=CC[C@@](C(=O)O)(C(=O)N/N=C\c2cccs2)[C@H](c2ccc(Cl)cc2)C1. The van der Waals surface area contributed by atoms with Gasteiger partial charge in [0.1, 0.15) is 0 Å². The summed E-state index contributed by atoms with van der Waals surface area (Å²) in [5.74, 6) is -2.28. The van der Waals surface area contributed by atoms with Crippen molar-refractivity contribution < 1.29 is 14.7 Å². The number of halogens is 1. The van der Waals surface area contributed by atoms with Crippen molar-refractivity contribution in [3.8, 4) is 0 Å². The average Bonchev–Trinajstić information content (AvgIpc) is 3.15. The Morgan fingerprint density at radius 3 is 2.70 bits per heavy atom. The number of hydrogen-bond acceptors (Lipinski definition) is 4. The van der Waals surface area contributed by atoms with Crippen molar-refractivity contribution in [3.63, 3.8) is 0 Å². The first-order chi connectivity index (χ1) is 12.9. The van der Waals surface area contributed by atoms with Gasteiger partial charge < -0.3 is 5.11 Å². The third-order valence-electron chi connectivity index (χ3n) is 4.85. The molecule has 1 amide bonds. The largest absolute Gasteiger partial charge is 0.480 e. The Hall–Kier alpha value is -2.44. The molecule has 0 bridgehead atoms. The fourth-order valence-electron chi connectivity index (χ4n) is 3.36. The highest BCUT2D eigenvalue weighted by Gasteiger charge is 2.53. The van der Waals surface area contributed by atoms with E-state index in [1.807, 2.05) is 30.5 Å². The molecular formula is C20H19ClN2O3S. The third-order valence-corrected chi connectivity index (χ3v) is 5.91. The van der Waals surface area contributed by atoms with E-state index in [-0.39, 0.29) is 6.42 Å². The summed E-state index contributed by atoms with van der Waals surface area (Å²) >= 11 is 7.44. The molecule has 0 fully saturated rings. The summed E-state index contributed by atoms with van der Waals surface area (Å²) in [6, 6.07) is 10.7. The number of carbonyl (C=O) groups excluding carboxylic acids is 1. The molecule has 0 radical (unpaired) electrons. The van der Waals surface area contributed by atoms with Gasteiger partial charge in [-0.2, -0.15) is 5.10 Å². The molecule has 2 N–H and O–H groups in total. The van der Waals surface area contributed by atoms with E-state index in [0.717, 1.165) is 16.0 Å². The van der Waals surface area contributed by atoms with Crippen LogP contribution in [0.4, 0.5) is 0 Å². The fourth-order valence-corrected chi connectivity index (χ4v) is 4.07. The van der Waals surface area contributed by atoms with Crippen LogP contribution in [-0.4, -0.2) is 23.2 Å². The van der Waals surface area contributed by atoms with Gasteiger partial charge in [-0.3, -0.25) is 9.59 Å². The van der Waals surface area contributed by atoms with Crippen LogP contribution in [0.15, 0.2) is 58.5 Å². The Labute approximate surface area is 166 Å². The second-order valence-corrected chi connectivity index (χ2v) is 7.97. The molecule has 2 atom stereocenters. The molecular weight excluding hydrogens is 384 g/mol. The molecule has 1 aromatic heterocycles. The van der Waals surface area contributed by atoms with E-state index >= 15 is 0 Å². The molecule has 7 heteroatoms. The van der Waals surface area contributed by atoms with Crippen LogP contribution in [0.3, 0.4) is 0 Å². The summed E-state index contributed by atoms with van der Waals surface area (Å²) in [6.07, 6.45) is 3.93. The number of hydrazone groups is 1. The second kappa shape index (κ2) is 8.06. The van der Waals surface area contributed by atoms with Crippen LogP contribution in [0.25, 0.3) is 0 Å². The van der Waals surface area contributed by atoms with Gasteiger partial charge in [0.2, 0.25) is 0 Å². The molecule has 0 aliphatic heterocycles. The number of benzene rings is 1. The summed E-state index contributed by atoms with van der Waals surface area (Å²) in [6.45, 7) is 1.95. The molecule has 0 saturated heterocycles. The lowest BCUT2D eigenvalue weighted by molar-refractivity contribution is -0.158. The Kier molecular flexibility index (Phi) is 5.77. The average molecular weight is 403 g/mol. The second-order valence-electron chi connectivity index (χ2n) is 6.55. The first-order valence-electron chi connectivity index (χ1n) is 8.45. The molecule has 5 nitrogen and oxygen atoms in total. The minimum Gasteiger partial charge on any atom is -0.480 e. The molecule has 0 unspecified atom stereocenters. The lowest BCUT2D eigenvalue weighted by Gasteiger charge is -2.38. The summed E-state index contributed by atoms with van der Waals surface area (Å²) in [5, 5.41) is 16.5. The Morgan fingerprint density at radius 1 is 1.33 bits per heavy atom. The maximum absolute atomic E-state index is 13.0. The van der Waals surface area contributed by atoms with Crippen LogP contribution in [0.2, 0.25) is 5.02 Å². The van der Waals surface area contributed by atoms with E-state index < -0.39 is 23.2 Å². The smallest absolute Gasteiger partial charge is 0.320 e. The highest BCUT2D eigenvalue weighted by molar-refractivity contribution is 7.11. The van der Waals surface area contributed by atoms with E-state index in [4.69, 9.17) is 11.6 Å². The predicted molar refractivity (Wildman–Crippen MR) is 107 cm³/mol. The zero-order chi connectivity index (χ0) is 19.4. The quantitative estimate of drug-likeness (QED) is 0.335. The molecule has 1 aromatic carbocycles. The normalized spacial score (nSPS) is 22.4. The number of rotatable bonds is 5. The minimum absolute atomic E-state index is 0.113. The molecule has 0 spiro atoms. The molecule has 27 heavy (non-hydrogen) atoms. The highest BCUT2D eigenvalue weighted by atomic mass is 35.5.